The third-order valence-electron chi connectivity index (χ3n) is 3.34. The van der Waals surface area contributed by atoms with Crippen LogP contribution in [0.5, 0.6) is 0 Å². The fourth-order valence-corrected chi connectivity index (χ4v) is 3.39. The number of rotatable bonds is 4. The van der Waals surface area contributed by atoms with Crippen molar-refractivity contribution >= 4 is 23.3 Å². The summed E-state index contributed by atoms with van der Waals surface area (Å²) in [5, 5.41) is 1.29. The number of carbonyl (C=O) groups is 2. The molecule has 3 rings (SSSR count). The van der Waals surface area contributed by atoms with Crippen LogP contribution < -0.4 is 0 Å². The molecule has 2 atom stereocenters. The first-order valence-corrected chi connectivity index (χ1v) is 6.91. The number of nitrogens with zero attached hydrogens (tertiary/aromatic N) is 3. The number of aromatic nitrogens is 1. The van der Waals surface area contributed by atoms with Gasteiger partial charge in [0.2, 0.25) is 0 Å². The Hall–Kier alpha value is -1.93. The third-order valence-corrected chi connectivity index (χ3v) is 4.29. The molecule has 2 amide bonds. The van der Waals surface area contributed by atoms with Crippen LogP contribution in [0.3, 0.4) is 0 Å². The zero-order valence-electron chi connectivity index (χ0n) is 10.8. The van der Waals surface area contributed by atoms with Gasteiger partial charge in [0.05, 0.1) is 36.3 Å². The molecule has 0 N–H and O–H groups in total. The SMILES string of the molecule is C=CCON1C(=O)N2CC1c1scnc1C2C(=O)OC. The standard InChI is InChI=1S/C12H13N3O4S/c1-3-4-19-15-7-5-14(12(15)17)9(11(16)18-2)8-10(7)20-6-13-8/h3,6-7,9H,1,4-5H2,2H3. The van der Waals surface area contributed by atoms with E-state index in [1.807, 2.05) is 0 Å². The van der Waals surface area contributed by atoms with Crippen molar-refractivity contribution in [2.75, 3.05) is 20.3 Å². The molecular weight excluding hydrogens is 282 g/mol. The molecule has 0 radical (unpaired) electrons. The molecule has 0 saturated carbocycles. The second-order valence-corrected chi connectivity index (χ2v) is 5.27. The van der Waals surface area contributed by atoms with Crippen molar-refractivity contribution in [3.63, 3.8) is 0 Å². The molecule has 1 aromatic rings. The van der Waals surface area contributed by atoms with Gasteiger partial charge in [-0.05, 0) is 0 Å². The van der Waals surface area contributed by atoms with Gasteiger partial charge in [0.25, 0.3) is 0 Å². The lowest BCUT2D eigenvalue weighted by atomic mass is 10.0. The molecule has 0 aromatic carbocycles. The Morgan fingerprint density at radius 2 is 2.50 bits per heavy atom. The number of esters is 1. The molecule has 3 heterocycles. The number of hydroxylamine groups is 2. The van der Waals surface area contributed by atoms with E-state index in [-0.39, 0.29) is 18.7 Å². The van der Waals surface area contributed by atoms with E-state index >= 15 is 0 Å². The molecule has 0 spiro atoms. The first-order chi connectivity index (χ1) is 9.69. The molecular formula is C12H13N3O4S. The summed E-state index contributed by atoms with van der Waals surface area (Å²) in [6.45, 7) is 4.19. The van der Waals surface area contributed by atoms with Gasteiger partial charge < -0.3 is 9.64 Å². The molecule has 1 fully saturated rings. The Morgan fingerprint density at radius 3 is 3.20 bits per heavy atom. The summed E-state index contributed by atoms with van der Waals surface area (Å²) in [5.74, 6) is -0.491. The second-order valence-electron chi connectivity index (χ2n) is 4.39. The van der Waals surface area contributed by atoms with Gasteiger partial charge in [-0.15, -0.1) is 17.9 Å². The minimum Gasteiger partial charge on any atom is -0.467 e. The van der Waals surface area contributed by atoms with Crippen molar-refractivity contribution in [1.29, 1.82) is 0 Å². The van der Waals surface area contributed by atoms with Gasteiger partial charge in [-0.1, -0.05) is 6.08 Å². The van der Waals surface area contributed by atoms with Crippen LogP contribution in [0.15, 0.2) is 18.2 Å². The highest BCUT2D eigenvalue weighted by Gasteiger charge is 2.52. The number of ether oxygens (including phenoxy) is 1. The maximum absolute atomic E-state index is 12.4. The summed E-state index contributed by atoms with van der Waals surface area (Å²) in [6.07, 6.45) is 1.57. The Labute approximate surface area is 119 Å². The van der Waals surface area contributed by atoms with E-state index in [2.05, 4.69) is 11.6 Å². The minimum absolute atomic E-state index is 0.229. The molecule has 2 aliphatic rings. The number of methoxy groups -OCH3 is 1. The van der Waals surface area contributed by atoms with Crippen molar-refractivity contribution in [1.82, 2.24) is 14.9 Å². The predicted molar refractivity (Wildman–Crippen MR) is 69.7 cm³/mol. The maximum Gasteiger partial charge on any atom is 0.345 e. The first-order valence-electron chi connectivity index (χ1n) is 6.03. The van der Waals surface area contributed by atoms with Crippen LogP contribution in [0.1, 0.15) is 22.7 Å². The number of urea groups is 1. The van der Waals surface area contributed by atoms with E-state index in [9.17, 15) is 9.59 Å². The maximum atomic E-state index is 12.4. The summed E-state index contributed by atoms with van der Waals surface area (Å²) < 4.78 is 4.79. The van der Waals surface area contributed by atoms with E-state index in [0.29, 0.717) is 12.2 Å². The van der Waals surface area contributed by atoms with Gasteiger partial charge in [-0.25, -0.2) is 14.6 Å². The summed E-state index contributed by atoms with van der Waals surface area (Å²) in [5.41, 5.74) is 2.25. The lowest BCUT2D eigenvalue weighted by Gasteiger charge is -2.27. The number of carbonyl (C=O) groups excluding carboxylic acids is 2. The van der Waals surface area contributed by atoms with Crippen molar-refractivity contribution in [2.45, 2.75) is 12.1 Å². The Kier molecular flexibility index (Phi) is 3.19. The van der Waals surface area contributed by atoms with Gasteiger partial charge in [-0.3, -0.25) is 4.84 Å². The number of amides is 2. The van der Waals surface area contributed by atoms with E-state index in [1.165, 1.54) is 28.4 Å². The lowest BCUT2D eigenvalue weighted by Crippen LogP contribution is -2.39. The molecule has 2 aliphatic heterocycles. The van der Waals surface area contributed by atoms with Crippen LogP contribution in [-0.2, 0) is 14.4 Å². The van der Waals surface area contributed by atoms with Gasteiger partial charge in [0.1, 0.15) is 6.04 Å². The highest BCUT2D eigenvalue weighted by atomic mass is 32.1. The molecule has 0 aliphatic carbocycles. The van der Waals surface area contributed by atoms with Crippen LogP contribution in [0.4, 0.5) is 4.79 Å². The van der Waals surface area contributed by atoms with E-state index < -0.39 is 12.0 Å². The minimum atomic E-state index is -0.790. The normalized spacial score (nSPS) is 23.8. The van der Waals surface area contributed by atoms with Gasteiger partial charge >= 0.3 is 12.0 Å². The van der Waals surface area contributed by atoms with Gasteiger partial charge in [0, 0.05) is 0 Å². The van der Waals surface area contributed by atoms with Crippen LogP contribution in [-0.4, -0.2) is 47.2 Å². The number of hydrogen-bond donors (Lipinski definition) is 0. The fraction of sp³-hybridized carbons (Fsp3) is 0.417. The quantitative estimate of drug-likeness (QED) is 0.618. The smallest absolute Gasteiger partial charge is 0.345 e. The Balaban J connectivity index is 2.00. The largest absolute Gasteiger partial charge is 0.467 e. The molecule has 2 unspecified atom stereocenters. The molecule has 20 heavy (non-hydrogen) atoms. The number of fused-ring (bicyclic) bond motifs is 4. The average molecular weight is 295 g/mol. The van der Waals surface area contributed by atoms with E-state index in [4.69, 9.17) is 9.57 Å². The lowest BCUT2D eigenvalue weighted by molar-refractivity contribution is -0.146. The van der Waals surface area contributed by atoms with Crippen molar-refractivity contribution in [3.05, 3.63) is 28.7 Å². The highest BCUT2D eigenvalue weighted by molar-refractivity contribution is 7.09. The molecule has 8 heteroatoms. The highest BCUT2D eigenvalue weighted by Crippen LogP contribution is 2.45. The van der Waals surface area contributed by atoms with Crippen LogP contribution in [0.25, 0.3) is 0 Å². The predicted octanol–water partition coefficient (Wildman–Crippen LogP) is 1.27. The fourth-order valence-electron chi connectivity index (χ4n) is 2.50. The molecule has 1 saturated heterocycles. The molecule has 106 valence electrons. The van der Waals surface area contributed by atoms with E-state index in [0.717, 1.165) is 4.88 Å². The van der Waals surface area contributed by atoms with E-state index in [1.54, 1.807) is 11.6 Å². The van der Waals surface area contributed by atoms with Crippen molar-refractivity contribution < 1.29 is 19.2 Å². The van der Waals surface area contributed by atoms with Crippen molar-refractivity contribution in [3.8, 4) is 0 Å². The van der Waals surface area contributed by atoms with Crippen molar-refractivity contribution in [2.24, 2.45) is 0 Å². The molecule has 7 nitrogen and oxygen atoms in total. The second kappa shape index (κ2) is 4.88. The Bertz CT molecular complexity index is 573. The monoisotopic (exact) mass is 295 g/mol. The van der Waals surface area contributed by atoms with Crippen LogP contribution in [0.2, 0.25) is 0 Å². The summed E-state index contributed by atoms with van der Waals surface area (Å²) in [4.78, 5) is 36.2. The third kappa shape index (κ3) is 1.72. The zero-order chi connectivity index (χ0) is 14.3. The van der Waals surface area contributed by atoms with Crippen LogP contribution >= 0.6 is 11.3 Å². The number of thiazole rings is 1. The Morgan fingerprint density at radius 1 is 1.70 bits per heavy atom. The molecule has 1 aromatic heterocycles. The average Bonchev–Trinajstić information content (AvgIpc) is 3.03. The zero-order valence-corrected chi connectivity index (χ0v) is 11.6. The van der Waals surface area contributed by atoms with Gasteiger partial charge in [-0.2, -0.15) is 5.06 Å². The summed E-state index contributed by atoms with van der Waals surface area (Å²) in [6, 6.07) is -1.37. The summed E-state index contributed by atoms with van der Waals surface area (Å²) >= 11 is 1.41. The number of hydrogen-bond acceptors (Lipinski definition) is 6. The van der Waals surface area contributed by atoms with Crippen LogP contribution in [0, 0.1) is 0 Å². The summed E-state index contributed by atoms with van der Waals surface area (Å²) in [7, 11) is 1.30. The van der Waals surface area contributed by atoms with Gasteiger partial charge in [0.15, 0.2) is 6.04 Å². The topological polar surface area (TPSA) is 72.0 Å². The first kappa shape index (κ1) is 13.1. The molecule has 2 bridgehead atoms.